The fraction of sp³-hybridized carbons (Fsp3) is 0.963. The Labute approximate surface area is 405 Å². The van der Waals surface area contributed by atoms with E-state index in [1.54, 1.807) is 47.5 Å². The molecule has 0 amide bonds. The van der Waals surface area contributed by atoms with E-state index in [4.69, 9.17) is 47.4 Å². The smallest absolute Gasteiger partial charge is 0.127 e. The third kappa shape index (κ3) is 20.9. The number of ether oxygens (including phenoxy) is 10. The van der Waals surface area contributed by atoms with Gasteiger partial charge in [0, 0.05) is 48.8 Å². The van der Waals surface area contributed by atoms with Gasteiger partial charge in [-0.2, -0.15) is 0 Å². The van der Waals surface area contributed by atoms with Gasteiger partial charge < -0.3 is 52.5 Å². The third-order valence-corrected chi connectivity index (χ3v) is 15.0. The molecule has 66 heavy (non-hydrogen) atoms. The van der Waals surface area contributed by atoms with Crippen LogP contribution in [0.1, 0.15) is 182 Å². The summed E-state index contributed by atoms with van der Waals surface area (Å²) < 4.78 is 61.7. The zero-order valence-electron chi connectivity index (χ0n) is 44.5. The number of likely N-dealkylation sites (N-methyl/N-ethyl adjacent to an activating group) is 1. The molecule has 12 heteroatoms. The van der Waals surface area contributed by atoms with Crippen molar-refractivity contribution in [1.82, 2.24) is 4.90 Å². The molecule has 0 bridgehead atoms. The quantitative estimate of drug-likeness (QED) is 0.0357. The molecule has 2 heterocycles. The van der Waals surface area contributed by atoms with Crippen molar-refractivity contribution in [3.05, 3.63) is 12.7 Å². The van der Waals surface area contributed by atoms with Gasteiger partial charge in [-0.3, -0.25) is 4.90 Å². The Morgan fingerprint density at radius 2 is 1.09 bits per heavy atom. The van der Waals surface area contributed by atoms with Crippen LogP contribution in [0, 0.1) is 11.3 Å². The largest absolute Gasteiger partial charge is 0.382 e. The Kier molecular flexibility index (Phi) is 34.5. The number of hydrogen-bond donors (Lipinski definition) is 1. The first-order valence-electron chi connectivity index (χ1n) is 26.8. The van der Waals surface area contributed by atoms with Crippen LogP contribution in [0.15, 0.2) is 12.7 Å². The minimum atomic E-state index is -0.764. The Morgan fingerprint density at radius 3 is 1.59 bits per heavy atom. The maximum Gasteiger partial charge on any atom is 0.127 e. The van der Waals surface area contributed by atoms with Crippen LogP contribution in [0.25, 0.3) is 0 Å². The second-order valence-corrected chi connectivity index (χ2v) is 19.7. The number of rotatable bonds is 42. The highest BCUT2D eigenvalue weighted by Crippen LogP contribution is 2.45. The van der Waals surface area contributed by atoms with E-state index in [2.05, 4.69) is 34.3 Å². The predicted octanol–water partition coefficient (Wildman–Crippen LogP) is 11.1. The van der Waals surface area contributed by atoms with E-state index in [-0.39, 0.29) is 73.2 Å². The van der Waals surface area contributed by atoms with Crippen LogP contribution in [-0.4, -0.2) is 153 Å². The summed E-state index contributed by atoms with van der Waals surface area (Å²) >= 11 is 0. The summed E-state index contributed by atoms with van der Waals surface area (Å²) in [6.07, 6.45) is 27.3. The predicted molar refractivity (Wildman–Crippen MR) is 267 cm³/mol. The zero-order valence-corrected chi connectivity index (χ0v) is 44.5. The number of nitrogens with zero attached hydrogens (tertiary/aromatic N) is 1. The molecule has 0 aromatic rings. The SMILES string of the molecule is C=CC(O)N(C)COCC1OC(C)C(OC)C(OC)C1OCCCCCCCCCCCCCC(CCC)CCCCCC(CC)(CC)C1OC(COC)C(OCCCC)C(OC)C1OC. The maximum atomic E-state index is 9.97. The summed E-state index contributed by atoms with van der Waals surface area (Å²) in [7, 11) is 10.5. The average molecular weight is 944 g/mol. The van der Waals surface area contributed by atoms with Gasteiger partial charge in [0.25, 0.3) is 0 Å². The number of unbranched alkanes of at least 4 members (excludes halogenated alkanes) is 13. The van der Waals surface area contributed by atoms with Gasteiger partial charge in [-0.1, -0.05) is 150 Å². The summed E-state index contributed by atoms with van der Waals surface area (Å²) in [4.78, 5) is 1.67. The Bertz CT molecular complexity index is 1150. The zero-order chi connectivity index (χ0) is 48.6. The van der Waals surface area contributed by atoms with Crippen LogP contribution in [0.3, 0.4) is 0 Å². The molecule has 0 radical (unpaired) electrons. The Morgan fingerprint density at radius 1 is 0.591 bits per heavy atom. The molecule has 2 saturated heterocycles. The van der Waals surface area contributed by atoms with Crippen LogP contribution in [-0.2, 0) is 47.4 Å². The molecular formula is C54H105NO11. The van der Waals surface area contributed by atoms with E-state index in [0.717, 1.165) is 50.9 Å². The maximum absolute atomic E-state index is 9.97. The van der Waals surface area contributed by atoms with Gasteiger partial charge in [-0.15, -0.1) is 0 Å². The minimum Gasteiger partial charge on any atom is -0.382 e. The molecule has 0 spiro atoms. The van der Waals surface area contributed by atoms with Crippen LogP contribution in [0.4, 0.5) is 0 Å². The third-order valence-electron chi connectivity index (χ3n) is 15.0. The molecule has 2 rings (SSSR count). The summed E-state index contributed by atoms with van der Waals surface area (Å²) in [6.45, 7) is 17.2. The standard InChI is InChI=1S/C54H105NO11/c1-13-18-37-63-48-44(39-57-8)66-53(52(61-12)51(48)60-11)54(16-4,17-5)36-31-28-30-35-43(33-14-2)34-29-26-24-22-20-19-21-23-25-27-32-38-64-49-45(40-62-41-55(7)46(56)15-3)65-42(6)47(58-9)50(49)59-10/h15,42-53,56H,3,13-14,16-41H2,1-2,4-12H3. The molecule has 12 atom stereocenters. The van der Waals surface area contributed by atoms with Gasteiger partial charge in [0.1, 0.15) is 61.8 Å². The molecule has 0 aliphatic carbocycles. The van der Waals surface area contributed by atoms with E-state index in [9.17, 15) is 5.11 Å². The average Bonchev–Trinajstić information content (AvgIpc) is 3.32. The van der Waals surface area contributed by atoms with Crippen molar-refractivity contribution in [3.8, 4) is 0 Å². The highest BCUT2D eigenvalue weighted by molar-refractivity contribution is 5.02. The number of aliphatic hydroxyl groups excluding tert-OH is 1. The fourth-order valence-electron chi connectivity index (χ4n) is 10.8. The lowest BCUT2D eigenvalue weighted by Crippen LogP contribution is -2.64. The van der Waals surface area contributed by atoms with Gasteiger partial charge >= 0.3 is 0 Å². The van der Waals surface area contributed by atoms with Gasteiger partial charge in [0.15, 0.2) is 0 Å². The number of methoxy groups -OCH3 is 5. The van der Waals surface area contributed by atoms with Gasteiger partial charge in [0.05, 0.1) is 25.4 Å². The van der Waals surface area contributed by atoms with Crippen molar-refractivity contribution in [1.29, 1.82) is 0 Å². The number of hydrogen-bond acceptors (Lipinski definition) is 12. The van der Waals surface area contributed by atoms with E-state index in [1.165, 1.54) is 109 Å². The first-order valence-corrected chi connectivity index (χ1v) is 26.8. The molecule has 1 N–H and O–H groups in total. The van der Waals surface area contributed by atoms with E-state index >= 15 is 0 Å². The van der Waals surface area contributed by atoms with Crippen LogP contribution < -0.4 is 0 Å². The van der Waals surface area contributed by atoms with Crippen LogP contribution >= 0.6 is 0 Å². The molecule has 392 valence electrons. The summed E-state index contributed by atoms with van der Waals surface area (Å²) in [5.74, 6) is 0.860. The number of aliphatic hydroxyl groups is 1. The summed E-state index contributed by atoms with van der Waals surface area (Å²) in [6, 6.07) is 0. The van der Waals surface area contributed by atoms with Crippen molar-refractivity contribution in [2.75, 3.05) is 75.8 Å². The highest BCUT2D eigenvalue weighted by atomic mass is 16.6. The molecule has 0 aromatic carbocycles. The first-order chi connectivity index (χ1) is 32.1. The molecule has 2 aliphatic heterocycles. The van der Waals surface area contributed by atoms with Crippen molar-refractivity contribution in [2.45, 2.75) is 250 Å². The van der Waals surface area contributed by atoms with Crippen LogP contribution in [0.2, 0.25) is 0 Å². The molecule has 2 fully saturated rings. The molecule has 12 unspecified atom stereocenters. The highest BCUT2D eigenvalue weighted by Gasteiger charge is 2.53. The normalized spacial score (nSPS) is 27.1. The first kappa shape index (κ1) is 61.4. The van der Waals surface area contributed by atoms with Crippen molar-refractivity contribution < 1.29 is 52.5 Å². The van der Waals surface area contributed by atoms with Crippen molar-refractivity contribution in [3.63, 3.8) is 0 Å². The van der Waals surface area contributed by atoms with Gasteiger partial charge in [-0.25, -0.2) is 0 Å². The Hall–Kier alpha value is -0.740. The van der Waals surface area contributed by atoms with Crippen molar-refractivity contribution >= 4 is 0 Å². The fourth-order valence-corrected chi connectivity index (χ4v) is 10.8. The topological polar surface area (TPSA) is 116 Å². The van der Waals surface area contributed by atoms with Crippen LogP contribution in [0.5, 0.6) is 0 Å². The molecule has 0 saturated carbocycles. The second-order valence-electron chi connectivity index (χ2n) is 19.7. The van der Waals surface area contributed by atoms with E-state index < -0.39 is 6.23 Å². The summed E-state index contributed by atoms with van der Waals surface area (Å²) in [5.41, 5.74) is 0.0173. The second kappa shape index (κ2) is 37.1. The molecule has 0 aromatic heterocycles. The van der Waals surface area contributed by atoms with Gasteiger partial charge in [0.2, 0.25) is 0 Å². The molecular weight excluding hydrogens is 839 g/mol. The lowest BCUT2D eigenvalue weighted by Gasteiger charge is -2.52. The van der Waals surface area contributed by atoms with E-state index in [0.29, 0.717) is 26.4 Å². The Balaban J connectivity index is 1.65. The van der Waals surface area contributed by atoms with Gasteiger partial charge in [-0.05, 0) is 63.5 Å². The monoisotopic (exact) mass is 944 g/mol. The molecule has 12 nitrogen and oxygen atoms in total. The molecule has 2 aliphatic rings. The summed E-state index contributed by atoms with van der Waals surface area (Å²) in [5, 5.41) is 9.97. The van der Waals surface area contributed by atoms with E-state index in [1.807, 2.05) is 6.92 Å². The van der Waals surface area contributed by atoms with Crippen molar-refractivity contribution in [2.24, 2.45) is 11.3 Å². The minimum absolute atomic E-state index is 0.0173. The lowest BCUT2D eigenvalue weighted by molar-refractivity contribution is -0.279. The lowest BCUT2D eigenvalue weighted by atomic mass is 9.69.